The predicted molar refractivity (Wildman–Crippen MR) is 96.9 cm³/mol. The molecule has 1 saturated heterocycles. The Labute approximate surface area is 150 Å². The Morgan fingerprint density at radius 3 is 2.46 bits per heavy atom. The lowest BCUT2D eigenvalue weighted by Gasteiger charge is -2.38. The summed E-state index contributed by atoms with van der Waals surface area (Å²) in [5, 5.41) is 20.1. The standard InChI is InChI=1S/C19H17FN4O2/c20-16-4-6-17(7-5-16)22-10-12-23(13-11-22)19(8-9-21)15-2-1-3-18(14-15)24(25)26/h1-8,14H,10-13H2/b19-8+. The summed E-state index contributed by atoms with van der Waals surface area (Å²) in [5.41, 5.74) is 2.27. The summed E-state index contributed by atoms with van der Waals surface area (Å²) >= 11 is 0. The van der Waals surface area contributed by atoms with Crippen LogP contribution in [-0.2, 0) is 0 Å². The molecule has 2 aromatic rings. The van der Waals surface area contributed by atoms with Crippen LogP contribution in [0.25, 0.3) is 5.70 Å². The monoisotopic (exact) mass is 352 g/mol. The number of non-ortho nitro benzene ring substituents is 1. The van der Waals surface area contributed by atoms with Crippen molar-refractivity contribution in [1.29, 1.82) is 5.26 Å². The van der Waals surface area contributed by atoms with E-state index in [0.29, 0.717) is 37.4 Å². The molecule has 0 saturated carbocycles. The summed E-state index contributed by atoms with van der Waals surface area (Å²) in [7, 11) is 0. The summed E-state index contributed by atoms with van der Waals surface area (Å²) in [5.74, 6) is -0.266. The minimum absolute atomic E-state index is 0.00344. The van der Waals surface area contributed by atoms with E-state index in [-0.39, 0.29) is 11.5 Å². The van der Waals surface area contributed by atoms with Crippen LogP contribution < -0.4 is 4.90 Å². The number of nitriles is 1. The zero-order valence-corrected chi connectivity index (χ0v) is 14.0. The molecule has 0 atom stereocenters. The van der Waals surface area contributed by atoms with Gasteiger partial charge >= 0.3 is 0 Å². The molecule has 0 aromatic heterocycles. The van der Waals surface area contributed by atoms with Crippen LogP contribution in [0.5, 0.6) is 0 Å². The molecule has 0 unspecified atom stereocenters. The van der Waals surface area contributed by atoms with Crippen LogP contribution in [-0.4, -0.2) is 36.0 Å². The number of halogens is 1. The van der Waals surface area contributed by atoms with Crippen molar-refractivity contribution < 1.29 is 9.31 Å². The van der Waals surface area contributed by atoms with Gasteiger partial charge in [-0.05, 0) is 24.3 Å². The van der Waals surface area contributed by atoms with Crippen LogP contribution in [0.2, 0.25) is 0 Å². The summed E-state index contributed by atoms with van der Waals surface area (Å²) in [6.45, 7) is 2.74. The van der Waals surface area contributed by atoms with Gasteiger partial charge in [-0.2, -0.15) is 5.26 Å². The first-order valence-corrected chi connectivity index (χ1v) is 8.18. The lowest BCUT2D eigenvalue weighted by atomic mass is 10.1. The highest BCUT2D eigenvalue weighted by molar-refractivity contribution is 5.68. The number of anilines is 1. The van der Waals surface area contributed by atoms with Crippen molar-refractivity contribution in [3.8, 4) is 6.07 Å². The minimum Gasteiger partial charge on any atom is -0.368 e. The molecule has 1 aliphatic heterocycles. The van der Waals surface area contributed by atoms with E-state index in [1.807, 2.05) is 11.0 Å². The fourth-order valence-electron chi connectivity index (χ4n) is 3.05. The minimum atomic E-state index is -0.444. The van der Waals surface area contributed by atoms with E-state index in [4.69, 9.17) is 5.26 Å². The zero-order valence-electron chi connectivity index (χ0n) is 14.0. The second kappa shape index (κ2) is 7.66. The molecule has 0 N–H and O–H groups in total. The first-order valence-electron chi connectivity index (χ1n) is 8.18. The first-order chi connectivity index (χ1) is 12.6. The molecule has 0 amide bonds. The van der Waals surface area contributed by atoms with Gasteiger partial charge in [0.25, 0.3) is 5.69 Å². The topological polar surface area (TPSA) is 73.4 Å². The molecule has 1 aliphatic rings. The molecule has 6 nitrogen and oxygen atoms in total. The largest absolute Gasteiger partial charge is 0.368 e. The van der Waals surface area contributed by atoms with Gasteiger partial charge in [0, 0.05) is 55.6 Å². The maximum atomic E-state index is 13.1. The van der Waals surface area contributed by atoms with Crippen molar-refractivity contribution >= 4 is 17.1 Å². The number of nitrogens with zero attached hydrogens (tertiary/aromatic N) is 4. The van der Waals surface area contributed by atoms with Crippen molar-refractivity contribution in [3.63, 3.8) is 0 Å². The van der Waals surface area contributed by atoms with Gasteiger partial charge in [-0.1, -0.05) is 12.1 Å². The highest BCUT2D eigenvalue weighted by Crippen LogP contribution is 2.26. The Balaban J connectivity index is 1.76. The van der Waals surface area contributed by atoms with Crippen molar-refractivity contribution in [2.24, 2.45) is 0 Å². The summed E-state index contributed by atoms with van der Waals surface area (Å²) in [6, 6.07) is 14.7. The van der Waals surface area contributed by atoms with Crippen LogP contribution in [0.3, 0.4) is 0 Å². The molecule has 1 fully saturated rings. The number of allylic oxidation sites excluding steroid dienone is 1. The van der Waals surface area contributed by atoms with E-state index in [0.717, 1.165) is 5.69 Å². The molecular weight excluding hydrogens is 335 g/mol. The molecule has 7 heteroatoms. The number of rotatable bonds is 4. The van der Waals surface area contributed by atoms with Gasteiger partial charge in [0.05, 0.1) is 16.7 Å². The van der Waals surface area contributed by atoms with E-state index < -0.39 is 4.92 Å². The van der Waals surface area contributed by atoms with E-state index in [2.05, 4.69) is 4.90 Å². The van der Waals surface area contributed by atoms with Crippen molar-refractivity contribution in [3.05, 3.63) is 76.1 Å². The first kappa shape index (κ1) is 17.4. The van der Waals surface area contributed by atoms with Crippen molar-refractivity contribution in [1.82, 2.24) is 4.90 Å². The molecule has 3 rings (SSSR count). The molecule has 0 bridgehead atoms. The molecule has 0 aliphatic carbocycles. The van der Waals surface area contributed by atoms with Crippen molar-refractivity contribution in [2.75, 3.05) is 31.1 Å². The van der Waals surface area contributed by atoms with E-state index >= 15 is 0 Å². The maximum Gasteiger partial charge on any atom is 0.270 e. The highest BCUT2D eigenvalue weighted by atomic mass is 19.1. The number of hydrogen-bond donors (Lipinski definition) is 0. The number of piperazine rings is 1. The Hall–Kier alpha value is -3.40. The van der Waals surface area contributed by atoms with Gasteiger partial charge < -0.3 is 9.80 Å². The maximum absolute atomic E-state index is 13.1. The quantitative estimate of drug-likeness (QED) is 0.479. The molecule has 26 heavy (non-hydrogen) atoms. The Bertz CT molecular complexity index is 866. The van der Waals surface area contributed by atoms with Gasteiger partial charge in [-0.25, -0.2) is 4.39 Å². The Kier molecular flexibility index (Phi) is 5.13. The van der Waals surface area contributed by atoms with Crippen LogP contribution in [0.4, 0.5) is 15.8 Å². The average Bonchev–Trinajstić information content (AvgIpc) is 2.67. The summed E-state index contributed by atoms with van der Waals surface area (Å²) in [4.78, 5) is 14.8. The molecule has 1 heterocycles. The summed E-state index contributed by atoms with van der Waals surface area (Å²) < 4.78 is 13.1. The SMILES string of the molecule is N#C/C=C(\c1cccc([N+](=O)[O-])c1)N1CCN(c2ccc(F)cc2)CC1. The third-order valence-electron chi connectivity index (χ3n) is 4.37. The molecule has 2 aromatic carbocycles. The number of hydrogen-bond acceptors (Lipinski definition) is 5. The van der Waals surface area contributed by atoms with Crippen LogP contribution >= 0.6 is 0 Å². The van der Waals surface area contributed by atoms with Crippen LogP contribution in [0.15, 0.2) is 54.6 Å². The third-order valence-corrected chi connectivity index (χ3v) is 4.37. The number of nitro groups is 1. The number of benzene rings is 2. The smallest absolute Gasteiger partial charge is 0.270 e. The zero-order chi connectivity index (χ0) is 18.5. The van der Waals surface area contributed by atoms with Gasteiger partial charge in [-0.3, -0.25) is 10.1 Å². The fourth-order valence-corrected chi connectivity index (χ4v) is 3.05. The average molecular weight is 352 g/mol. The molecular formula is C19H17FN4O2. The third kappa shape index (κ3) is 3.81. The number of nitro benzene ring substituents is 1. The normalized spacial score (nSPS) is 14.8. The highest BCUT2D eigenvalue weighted by Gasteiger charge is 2.21. The van der Waals surface area contributed by atoms with Gasteiger partial charge in [-0.15, -0.1) is 0 Å². The van der Waals surface area contributed by atoms with Crippen molar-refractivity contribution in [2.45, 2.75) is 0 Å². The van der Waals surface area contributed by atoms with Crippen LogP contribution in [0, 0.1) is 27.3 Å². The second-order valence-corrected chi connectivity index (χ2v) is 5.92. The lowest BCUT2D eigenvalue weighted by Crippen LogP contribution is -2.45. The Morgan fingerprint density at radius 1 is 1.15 bits per heavy atom. The second-order valence-electron chi connectivity index (χ2n) is 5.92. The molecule has 0 radical (unpaired) electrons. The van der Waals surface area contributed by atoms with Crippen LogP contribution in [0.1, 0.15) is 5.56 Å². The summed E-state index contributed by atoms with van der Waals surface area (Å²) in [6.07, 6.45) is 1.42. The van der Waals surface area contributed by atoms with E-state index in [1.165, 1.54) is 30.3 Å². The molecule has 0 spiro atoms. The fraction of sp³-hybridized carbons (Fsp3) is 0.211. The van der Waals surface area contributed by atoms with E-state index in [9.17, 15) is 14.5 Å². The van der Waals surface area contributed by atoms with Gasteiger partial charge in [0.15, 0.2) is 0 Å². The van der Waals surface area contributed by atoms with Gasteiger partial charge in [0.1, 0.15) is 5.82 Å². The van der Waals surface area contributed by atoms with E-state index in [1.54, 1.807) is 24.3 Å². The van der Waals surface area contributed by atoms with Gasteiger partial charge in [0.2, 0.25) is 0 Å². The Morgan fingerprint density at radius 2 is 1.85 bits per heavy atom. The lowest BCUT2D eigenvalue weighted by molar-refractivity contribution is -0.384. The predicted octanol–water partition coefficient (Wildman–Crippen LogP) is 3.42. The molecule has 132 valence electrons.